The molecule has 2 bridgehead atoms. The molecule has 0 unspecified atom stereocenters. The van der Waals surface area contributed by atoms with E-state index in [-0.39, 0.29) is 17.3 Å². The number of likely N-dealkylation sites (tertiary alicyclic amines) is 1. The Morgan fingerprint density at radius 1 is 0.905 bits per heavy atom. The van der Waals surface area contributed by atoms with Crippen LogP contribution in [0.2, 0.25) is 0 Å². The monoisotopic (exact) mass is 568 g/mol. The molecule has 0 N–H and O–H groups in total. The maximum absolute atomic E-state index is 13.5. The van der Waals surface area contributed by atoms with E-state index in [0.717, 1.165) is 37.1 Å². The van der Waals surface area contributed by atoms with Crippen LogP contribution in [-0.2, 0) is 19.7 Å². The van der Waals surface area contributed by atoms with Gasteiger partial charge in [0.25, 0.3) is 0 Å². The summed E-state index contributed by atoms with van der Waals surface area (Å²) in [6, 6.07) is 21.3. The molecule has 7 heteroatoms. The second-order valence-electron chi connectivity index (χ2n) is 13.3. The summed E-state index contributed by atoms with van der Waals surface area (Å²) in [6.45, 7) is 6.80. The Balaban J connectivity index is 1.05. The quantitative estimate of drug-likeness (QED) is 0.254. The van der Waals surface area contributed by atoms with Gasteiger partial charge in [-0.25, -0.2) is 4.98 Å². The van der Waals surface area contributed by atoms with Gasteiger partial charge in [-0.2, -0.15) is 0 Å². The maximum Gasteiger partial charge on any atom is 0.321 e. The van der Waals surface area contributed by atoms with Gasteiger partial charge in [0.05, 0.1) is 17.6 Å². The molecule has 3 aromatic rings. The second kappa shape index (κ2) is 10.8. The molecule has 4 fully saturated rings. The Morgan fingerprint density at radius 2 is 1.57 bits per heavy atom. The lowest BCUT2D eigenvalue weighted by atomic mass is 9.70. The average Bonchev–Trinajstić information content (AvgIpc) is 3.71. The highest BCUT2D eigenvalue weighted by atomic mass is 16.5. The number of ether oxygens (including phenoxy) is 1. The van der Waals surface area contributed by atoms with Crippen LogP contribution in [0.5, 0.6) is 0 Å². The number of carbonyl (C=O) groups is 2. The summed E-state index contributed by atoms with van der Waals surface area (Å²) < 4.78 is 7.80. The number of hydrogen-bond donors (Lipinski definition) is 0. The Hall–Kier alpha value is -3.19. The summed E-state index contributed by atoms with van der Waals surface area (Å²) in [5.41, 5.74) is 2.91. The van der Waals surface area contributed by atoms with E-state index < -0.39 is 5.41 Å². The van der Waals surface area contributed by atoms with Crippen molar-refractivity contribution in [2.24, 2.45) is 5.41 Å². The molecule has 0 radical (unpaired) electrons. The highest BCUT2D eigenvalue weighted by Gasteiger charge is 2.60. The number of aromatic nitrogens is 2. The first-order valence-electron chi connectivity index (χ1n) is 16.2. The van der Waals surface area contributed by atoms with Crippen LogP contribution in [0.4, 0.5) is 0 Å². The van der Waals surface area contributed by atoms with Gasteiger partial charge in [0.15, 0.2) is 0 Å². The molecule has 1 amide bonds. The number of benzene rings is 2. The molecular weight excluding hydrogens is 524 g/mol. The van der Waals surface area contributed by atoms with Gasteiger partial charge in [-0.3, -0.25) is 14.5 Å². The molecule has 7 nitrogen and oxygen atoms in total. The number of fused-ring (bicyclic) bond motifs is 3. The molecule has 3 saturated heterocycles. The van der Waals surface area contributed by atoms with Crippen molar-refractivity contribution in [2.45, 2.75) is 95.2 Å². The highest BCUT2D eigenvalue weighted by Crippen LogP contribution is 2.50. The Kier molecular flexibility index (Phi) is 7.12. The summed E-state index contributed by atoms with van der Waals surface area (Å²) >= 11 is 0. The smallest absolute Gasteiger partial charge is 0.321 e. The third-order valence-corrected chi connectivity index (χ3v) is 11.1. The molecule has 2 atom stereocenters. The van der Waals surface area contributed by atoms with Gasteiger partial charge in [0, 0.05) is 31.2 Å². The summed E-state index contributed by atoms with van der Waals surface area (Å²) in [5.74, 6) is 0.798. The van der Waals surface area contributed by atoms with Crippen molar-refractivity contribution in [3.05, 3.63) is 66.0 Å². The van der Waals surface area contributed by atoms with Crippen molar-refractivity contribution >= 4 is 22.9 Å². The predicted octanol–water partition coefficient (Wildman–Crippen LogP) is 5.81. The Bertz CT molecular complexity index is 1440. The maximum atomic E-state index is 13.5. The van der Waals surface area contributed by atoms with Gasteiger partial charge in [-0.05, 0) is 101 Å². The molecule has 2 aromatic carbocycles. The zero-order valence-electron chi connectivity index (χ0n) is 25.1. The van der Waals surface area contributed by atoms with Crippen LogP contribution in [0, 0.1) is 12.3 Å². The largest absolute Gasteiger partial charge is 0.465 e. The molecule has 42 heavy (non-hydrogen) atoms. The number of rotatable bonds is 8. The topological polar surface area (TPSA) is 67.7 Å². The number of imidazole rings is 1. The van der Waals surface area contributed by atoms with Crippen LogP contribution in [0.25, 0.3) is 11.0 Å². The molecule has 1 saturated carbocycles. The fraction of sp³-hybridized carbons (Fsp3) is 0.571. The lowest BCUT2D eigenvalue weighted by Crippen LogP contribution is -2.51. The SMILES string of the molecule is CCOC(=O)C1(C(=O)N2CCC(CCN3[C@H]4CC[C@H]3CC(n3c(C)nc5ccccc53)C4)(c3ccccc3)CC2)CC1. The minimum Gasteiger partial charge on any atom is -0.465 e. The first-order chi connectivity index (χ1) is 20.4. The predicted molar refractivity (Wildman–Crippen MR) is 163 cm³/mol. The van der Waals surface area contributed by atoms with Gasteiger partial charge in [0.1, 0.15) is 11.2 Å². The molecule has 1 aliphatic carbocycles. The zero-order chi connectivity index (χ0) is 28.9. The Morgan fingerprint density at radius 3 is 2.24 bits per heavy atom. The number of piperidine rings is 2. The zero-order valence-corrected chi connectivity index (χ0v) is 25.1. The highest BCUT2D eigenvalue weighted by molar-refractivity contribution is 6.05. The van der Waals surface area contributed by atoms with Crippen LogP contribution in [0.15, 0.2) is 54.6 Å². The summed E-state index contributed by atoms with van der Waals surface area (Å²) in [4.78, 5) is 35.7. The first kappa shape index (κ1) is 27.6. The van der Waals surface area contributed by atoms with Crippen molar-refractivity contribution in [1.82, 2.24) is 19.4 Å². The number of esters is 1. The third kappa shape index (κ3) is 4.64. The van der Waals surface area contributed by atoms with E-state index in [9.17, 15) is 9.59 Å². The number of aryl methyl sites for hydroxylation is 1. The molecular formula is C35H44N4O3. The molecule has 7 rings (SSSR count). The minimum atomic E-state index is -0.911. The summed E-state index contributed by atoms with van der Waals surface area (Å²) in [6.07, 6.45) is 9.17. The fourth-order valence-electron chi connectivity index (χ4n) is 8.61. The van der Waals surface area contributed by atoms with E-state index in [0.29, 0.717) is 50.7 Å². The van der Waals surface area contributed by atoms with Crippen LogP contribution in [-0.4, -0.2) is 69.6 Å². The molecule has 0 spiro atoms. The molecule has 222 valence electrons. The fourth-order valence-corrected chi connectivity index (χ4v) is 8.61. The van der Waals surface area contributed by atoms with Gasteiger partial charge < -0.3 is 14.2 Å². The average molecular weight is 569 g/mol. The van der Waals surface area contributed by atoms with Gasteiger partial charge in [0.2, 0.25) is 5.91 Å². The summed E-state index contributed by atoms with van der Waals surface area (Å²) in [7, 11) is 0. The number of nitrogens with zero attached hydrogens (tertiary/aromatic N) is 4. The molecule has 4 aliphatic rings. The molecule has 3 aliphatic heterocycles. The van der Waals surface area contributed by atoms with E-state index in [1.54, 1.807) is 0 Å². The van der Waals surface area contributed by atoms with Crippen LogP contribution in [0.3, 0.4) is 0 Å². The van der Waals surface area contributed by atoms with Crippen molar-refractivity contribution < 1.29 is 14.3 Å². The van der Waals surface area contributed by atoms with Crippen LogP contribution < -0.4 is 0 Å². The third-order valence-electron chi connectivity index (χ3n) is 11.1. The number of carbonyl (C=O) groups excluding carboxylic acids is 2. The second-order valence-corrected chi connectivity index (χ2v) is 13.3. The van der Waals surface area contributed by atoms with E-state index in [1.807, 2.05) is 11.8 Å². The minimum absolute atomic E-state index is 0.00922. The number of para-hydroxylation sites is 2. The first-order valence-corrected chi connectivity index (χ1v) is 16.2. The molecule has 1 aromatic heterocycles. The molecule has 4 heterocycles. The lowest BCUT2D eigenvalue weighted by Gasteiger charge is -2.46. The van der Waals surface area contributed by atoms with Gasteiger partial charge in [-0.15, -0.1) is 0 Å². The van der Waals surface area contributed by atoms with E-state index in [2.05, 4.69) is 71.0 Å². The number of hydrogen-bond acceptors (Lipinski definition) is 5. The van der Waals surface area contributed by atoms with E-state index >= 15 is 0 Å². The van der Waals surface area contributed by atoms with Crippen molar-refractivity contribution in [3.63, 3.8) is 0 Å². The van der Waals surface area contributed by atoms with Gasteiger partial charge >= 0.3 is 5.97 Å². The van der Waals surface area contributed by atoms with E-state index in [4.69, 9.17) is 9.72 Å². The van der Waals surface area contributed by atoms with Crippen molar-refractivity contribution in [3.8, 4) is 0 Å². The number of amides is 1. The van der Waals surface area contributed by atoms with Crippen molar-refractivity contribution in [1.29, 1.82) is 0 Å². The lowest BCUT2D eigenvalue weighted by molar-refractivity contribution is -0.158. The normalized spacial score (nSPS) is 26.3. The standard InChI is InChI=1S/C35H44N4O3/c1-3-42-33(41)35(15-16-35)32(40)37-20-17-34(18-21-37,26-9-5-4-6-10-26)19-22-38-27-13-14-28(38)24-29(23-27)39-25(2)36-30-11-7-8-12-31(30)39/h4-12,27-29H,3,13-24H2,1-2H3/t27-,28-/m0/s1. The van der Waals surface area contributed by atoms with E-state index in [1.165, 1.54) is 36.8 Å². The van der Waals surface area contributed by atoms with Crippen LogP contribution in [0.1, 0.15) is 82.1 Å². The summed E-state index contributed by atoms with van der Waals surface area (Å²) in [5, 5.41) is 0. The van der Waals surface area contributed by atoms with Crippen LogP contribution >= 0.6 is 0 Å². The van der Waals surface area contributed by atoms with Crippen molar-refractivity contribution in [2.75, 3.05) is 26.2 Å². The Labute approximate surface area is 249 Å². The van der Waals surface area contributed by atoms with Gasteiger partial charge in [-0.1, -0.05) is 42.5 Å².